The van der Waals surface area contributed by atoms with E-state index in [2.05, 4.69) is 43.5 Å². The zero-order valence-electron chi connectivity index (χ0n) is 9.97. The molecule has 0 bridgehead atoms. The molecule has 0 saturated heterocycles. The van der Waals surface area contributed by atoms with Gasteiger partial charge in [0.2, 0.25) is 0 Å². The molecule has 4 heteroatoms. The minimum atomic E-state index is 0.888. The van der Waals surface area contributed by atoms with Gasteiger partial charge >= 0.3 is 0 Å². The maximum Gasteiger partial charge on any atom is 0.145 e. The quantitative estimate of drug-likeness (QED) is 0.722. The van der Waals surface area contributed by atoms with Crippen LogP contribution in [0, 0.1) is 0 Å². The van der Waals surface area contributed by atoms with Crippen LogP contribution in [0.3, 0.4) is 0 Å². The number of imidazole rings is 1. The average Bonchev–Trinajstić information content (AvgIpc) is 2.87. The predicted molar refractivity (Wildman–Crippen MR) is 75.9 cm³/mol. The lowest BCUT2D eigenvalue weighted by Gasteiger charge is -2.09. The van der Waals surface area contributed by atoms with Crippen molar-refractivity contribution >= 4 is 26.7 Å². The van der Waals surface area contributed by atoms with E-state index in [0.717, 1.165) is 27.9 Å². The standard InChI is InChI=1S/C14H12BrN3/c1-2-13-16-8-9-18(13)14-11-4-3-5-12(15)10(11)6-7-17-14/h3-9H,2H2,1H3. The van der Waals surface area contributed by atoms with Crippen LogP contribution in [0.4, 0.5) is 0 Å². The number of pyridine rings is 1. The summed E-state index contributed by atoms with van der Waals surface area (Å²) in [5.41, 5.74) is 0. The molecule has 0 fully saturated rings. The number of nitrogens with zero attached hydrogens (tertiary/aromatic N) is 3. The van der Waals surface area contributed by atoms with Crippen molar-refractivity contribution in [2.45, 2.75) is 13.3 Å². The Kier molecular flexibility index (Phi) is 2.88. The van der Waals surface area contributed by atoms with Gasteiger partial charge in [-0.05, 0) is 12.1 Å². The molecular weight excluding hydrogens is 290 g/mol. The van der Waals surface area contributed by atoms with Crippen LogP contribution < -0.4 is 0 Å². The van der Waals surface area contributed by atoms with E-state index >= 15 is 0 Å². The zero-order chi connectivity index (χ0) is 12.5. The monoisotopic (exact) mass is 301 g/mol. The number of aryl methyl sites for hydroxylation is 1. The van der Waals surface area contributed by atoms with Crippen molar-refractivity contribution in [3.05, 3.63) is 53.2 Å². The number of hydrogen-bond acceptors (Lipinski definition) is 2. The van der Waals surface area contributed by atoms with Crippen LogP contribution in [0.15, 0.2) is 47.3 Å². The molecule has 0 aliphatic rings. The van der Waals surface area contributed by atoms with Crippen molar-refractivity contribution < 1.29 is 0 Å². The van der Waals surface area contributed by atoms with Gasteiger partial charge in [0.1, 0.15) is 11.6 Å². The molecular formula is C14H12BrN3. The van der Waals surface area contributed by atoms with E-state index in [4.69, 9.17) is 0 Å². The van der Waals surface area contributed by atoms with Crippen LogP contribution in [0.2, 0.25) is 0 Å². The molecule has 0 amide bonds. The lowest BCUT2D eigenvalue weighted by molar-refractivity contribution is 0.874. The van der Waals surface area contributed by atoms with Crippen LogP contribution in [0.25, 0.3) is 16.6 Å². The predicted octanol–water partition coefficient (Wildman–Crippen LogP) is 3.75. The fraction of sp³-hybridized carbons (Fsp3) is 0.143. The first-order valence-corrected chi connectivity index (χ1v) is 6.66. The van der Waals surface area contributed by atoms with Crippen LogP contribution >= 0.6 is 15.9 Å². The lowest BCUT2D eigenvalue weighted by atomic mass is 10.1. The summed E-state index contributed by atoms with van der Waals surface area (Å²) in [5, 5.41) is 2.29. The first-order chi connectivity index (χ1) is 8.81. The van der Waals surface area contributed by atoms with Gasteiger partial charge in [-0.15, -0.1) is 0 Å². The third kappa shape index (κ3) is 1.73. The molecule has 0 radical (unpaired) electrons. The van der Waals surface area contributed by atoms with Crippen molar-refractivity contribution in [1.29, 1.82) is 0 Å². The molecule has 0 aliphatic heterocycles. The molecule has 0 N–H and O–H groups in total. The number of hydrogen-bond donors (Lipinski definition) is 0. The summed E-state index contributed by atoms with van der Waals surface area (Å²) in [5.74, 6) is 1.96. The van der Waals surface area contributed by atoms with E-state index < -0.39 is 0 Å². The van der Waals surface area contributed by atoms with Crippen LogP contribution in [0.1, 0.15) is 12.7 Å². The van der Waals surface area contributed by atoms with Gasteiger partial charge in [0, 0.05) is 40.3 Å². The highest BCUT2D eigenvalue weighted by molar-refractivity contribution is 9.10. The van der Waals surface area contributed by atoms with Gasteiger partial charge < -0.3 is 0 Å². The van der Waals surface area contributed by atoms with Gasteiger partial charge in [0.15, 0.2) is 0 Å². The number of fused-ring (bicyclic) bond motifs is 1. The largest absolute Gasteiger partial charge is 0.287 e. The fourth-order valence-corrected chi connectivity index (χ4v) is 2.63. The average molecular weight is 302 g/mol. The summed E-state index contributed by atoms with van der Waals surface area (Å²) in [6.07, 6.45) is 6.50. The Morgan fingerprint density at radius 3 is 2.83 bits per heavy atom. The summed E-state index contributed by atoms with van der Waals surface area (Å²) in [6.45, 7) is 2.10. The maximum absolute atomic E-state index is 4.50. The third-order valence-corrected chi connectivity index (χ3v) is 3.69. The molecule has 3 nitrogen and oxygen atoms in total. The highest BCUT2D eigenvalue weighted by atomic mass is 79.9. The summed E-state index contributed by atoms with van der Waals surface area (Å²) in [6, 6.07) is 8.17. The van der Waals surface area contributed by atoms with Crippen LogP contribution in [0.5, 0.6) is 0 Å². The van der Waals surface area contributed by atoms with E-state index in [-0.39, 0.29) is 0 Å². The topological polar surface area (TPSA) is 30.7 Å². The van der Waals surface area contributed by atoms with Gasteiger partial charge in [-0.25, -0.2) is 9.97 Å². The molecule has 3 rings (SSSR count). The van der Waals surface area contributed by atoms with Gasteiger partial charge in [-0.1, -0.05) is 35.0 Å². The molecule has 90 valence electrons. The van der Waals surface area contributed by atoms with E-state index in [1.165, 1.54) is 5.39 Å². The van der Waals surface area contributed by atoms with Crippen molar-refractivity contribution in [2.24, 2.45) is 0 Å². The highest BCUT2D eigenvalue weighted by Crippen LogP contribution is 2.27. The molecule has 2 heterocycles. The molecule has 1 aromatic carbocycles. The second-order valence-electron chi connectivity index (χ2n) is 4.04. The fourth-order valence-electron chi connectivity index (χ4n) is 2.13. The zero-order valence-corrected chi connectivity index (χ0v) is 11.6. The molecule has 2 aromatic heterocycles. The SMILES string of the molecule is CCc1nccn1-c1nccc2c(Br)cccc12. The molecule has 3 aromatic rings. The molecule has 0 unspecified atom stereocenters. The maximum atomic E-state index is 4.50. The first-order valence-electron chi connectivity index (χ1n) is 5.87. The molecule has 0 aliphatic carbocycles. The van der Waals surface area contributed by atoms with Crippen molar-refractivity contribution in [3.63, 3.8) is 0 Å². The van der Waals surface area contributed by atoms with Crippen molar-refractivity contribution in [3.8, 4) is 5.82 Å². The summed E-state index contributed by atoms with van der Waals surface area (Å²) < 4.78 is 3.14. The Balaban J connectivity index is 2.33. The first kappa shape index (κ1) is 11.4. The molecule has 0 atom stereocenters. The lowest BCUT2D eigenvalue weighted by Crippen LogP contribution is -2.02. The number of halogens is 1. The molecule has 0 saturated carbocycles. The normalized spacial score (nSPS) is 11.0. The smallest absolute Gasteiger partial charge is 0.145 e. The summed E-state index contributed by atoms with van der Waals surface area (Å²) in [7, 11) is 0. The Labute approximate surface area is 114 Å². The Bertz CT molecular complexity index is 703. The van der Waals surface area contributed by atoms with E-state index in [1.54, 1.807) is 0 Å². The van der Waals surface area contributed by atoms with Crippen molar-refractivity contribution in [2.75, 3.05) is 0 Å². The van der Waals surface area contributed by atoms with Gasteiger partial charge in [-0.3, -0.25) is 4.57 Å². The highest BCUT2D eigenvalue weighted by Gasteiger charge is 2.09. The Hall–Kier alpha value is -1.68. The number of rotatable bonds is 2. The second-order valence-corrected chi connectivity index (χ2v) is 4.89. The summed E-state index contributed by atoms with van der Waals surface area (Å²) in [4.78, 5) is 8.85. The minimum absolute atomic E-state index is 0.888. The van der Waals surface area contributed by atoms with Gasteiger partial charge in [-0.2, -0.15) is 0 Å². The third-order valence-electron chi connectivity index (χ3n) is 2.99. The second kappa shape index (κ2) is 4.53. The van der Waals surface area contributed by atoms with Crippen LogP contribution in [-0.2, 0) is 6.42 Å². The van der Waals surface area contributed by atoms with E-state index in [0.29, 0.717) is 0 Å². The van der Waals surface area contributed by atoms with Crippen LogP contribution in [-0.4, -0.2) is 14.5 Å². The van der Waals surface area contributed by atoms with Gasteiger partial charge in [0.05, 0.1) is 0 Å². The molecule has 0 spiro atoms. The Morgan fingerprint density at radius 1 is 1.11 bits per heavy atom. The van der Waals surface area contributed by atoms with Gasteiger partial charge in [0.25, 0.3) is 0 Å². The number of aromatic nitrogens is 3. The van der Waals surface area contributed by atoms with E-state index in [1.807, 2.05) is 36.8 Å². The summed E-state index contributed by atoms with van der Waals surface area (Å²) >= 11 is 3.58. The molecule has 18 heavy (non-hydrogen) atoms. The number of benzene rings is 1. The van der Waals surface area contributed by atoms with E-state index in [9.17, 15) is 0 Å². The Morgan fingerprint density at radius 2 is 2.00 bits per heavy atom. The van der Waals surface area contributed by atoms with Crippen molar-refractivity contribution in [1.82, 2.24) is 14.5 Å². The minimum Gasteiger partial charge on any atom is -0.287 e.